The van der Waals surface area contributed by atoms with E-state index in [9.17, 15) is 9.59 Å². The van der Waals surface area contributed by atoms with E-state index in [1.807, 2.05) is 4.90 Å². The number of benzene rings is 1. The molecule has 4 nitrogen and oxygen atoms in total. The van der Waals surface area contributed by atoms with Gasteiger partial charge in [0.1, 0.15) is 0 Å². The van der Waals surface area contributed by atoms with Crippen molar-refractivity contribution in [2.45, 2.75) is 0 Å². The summed E-state index contributed by atoms with van der Waals surface area (Å²) in [6, 6.07) is 4.87. The number of carbonyl (C=O) groups is 2. The molecule has 0 atom stereocenters. The van der Waals surface area contributed by atoms with Crippen molar-refractivity contribution in [3.8, 4) is 0 Å². The van der Waals surface area contributed by atoms with Crippen molar-refractivity contribution in [3.05, 3.63) is 34.3 Å². The van der Waals surface area contributed by atoms with E-state index in [1.54, 1.807) is 18.2 Å². The van der Waals surface area contributed by atoms with Crippen LogP contribution in [0, 0.1) is 0 Å². The minimum Gasteiger partial charge on any atom is -0.283 e. The lowest BCUT2D eigenvalue weighted by Crippen LogP contribution is -2.42. The number of imide groups is 1. The number of hydrogen-bond acceptors (Lipinski definition) is 3. The van der Waals surface area contributed by atoms with E-state index >= 15 is 0 Å². The van der Waals surface area contributed by atoms with Crippen LogP contribution < -0.4 is 0 Å². The van der Waals surface area contributed by atoms with Crippen LogP contribution in [0.4, 0.5) is 0 Å². The summed E-state index contributed by atoms with van der Waals surface area (Å²) in [6.45, 7) is 1.27. The number of halogens is 3. The Labute approximate surface area is 132 Å². The second kappa shape index (κ2) is 6.76. The average molecular weight is 336 g/mol. The molecule has 0 N–H and O–H groups in total. The first-order valence-corrected chi connectivity index (χ1v) is 7.53. The fourth-order valence-electron chi connectivity index (χ4n) is 2.11. The topological polar surface area (TPSA) is 40.6 Å². The maximum absolute atomic E-state index is 12.3. The fraction of sp³-hybridized carbons (Fsp3) is 0.385. The predicted molar refractivity (Wildman–Crippen MR) is 79.8 cm³/mol. The minimum absolute atomic E-state index is 0.169. The second-order valence-electron chi connectivity index (χ2n) is 4.34. The van der Waals surface area contributed by atoms with Gasteiger partial charge in [-0.15, -0.1) is 23.2 Å². The SMILES string of the molecule is O=C1c2cccc(Cl)c2C(=O)N1CN(CCCl)CCCl. The van der Waals surface area contributed by atoms with Gasteiger partial charge in [-0.2, -0.15) is 0 Å². The Morgan fingerprint density at radius 2 is 1.70 bits per heavy atom. The van der Waals surface area contributed by atoms with Gasteiger partial charge in [0, 0.05) is 24.8 Å². The van der Waals surface area contributed by atoms with Crippen molar-refractivity contribution in [1.29, 1.82) is 0 Å². The van der Waals surface area contributed by atoms with Crippen molar-refractivity contribution >= 4 is 46.6 Å². The molecule has 0 radical (unpaired) electrons. The molecule has 0 spiro atoms. The molecule has 7 heteroatoms. The van der Waals surface area contributed by atoms with E-state index in [1.165, 1.54) is 4.90 Å². The lowest BCUT2D eigenvalue weighted by molar-refractivity contribution is 0.0553. The number of alkyl halides is 2. The number of hydrogen-bond donors (Lipinski definition) is 0. The molecule has 0 aromatic heterocycles. The highest BCUT2D eigenvalue weighted by molar-refractivity contribution is 6.37. The van der Waals surface area contributed by atoms with Gasteiger partial charge in [-0.25, -0.2) is 0 Å². The molecule has 1 aliphatic heterocycles. The molecule has 2 amide bonds. The summed E-state index contributed by atoms with van der Waals surface area (Å²) in [4.78, 5) is 27.6. The highest BCUT2D eigenvalue weighted by atomic mass is 35.5. The first-order chi connectivity index (χ1) is 9.60. The molecular weight excluding hydrogens is 323 g/mol. The van der Waals surface area contributed by atoms with Crippen molar-refractivity contribution in [2.24, 2.45) is 0 Å². The van der Waals surface area contributed by atoms with E-state index in [0.717, 1.165) is 0 Å². The van der Waals surface area contributed by atoms with E-state index in [-0.39, 0.29) is 24.0 Å². The first kappa shape index (κ1) is 15.6. The van der Waals surface area contributed by atoms with Crippen LogP contribution in [-0.2, 0) is 0 Å². The van der Waals surface area contributed by atoms with E-state index < -0.39 is 0 Å². The summed E-state index contributed by atoms with van der Waals surface area (Å²) in [7, 11) is 0. The van der Waals surface area contributed by atoms with Crippen molar-refractivity contribution < 1.29 is 9.59 Å². The molecule has 1 aliphatic rings. The maximum atomic E-state index is 12.3. The second-order valence-corrected chi connectivity index (χ2v) is 5.50. The zero-order chi connectivity index (χ0) is 14.7. The van der Waals surface area contributed by atoms with E-state index in [2.05, 4.69) is 0 Å². The Balaban J connectivity index is 2.21. The number of carbonyl (C=O) groups excluding carboxylic acids is 2. The smallest absolute Gasteiger partial charge is 0.264 e. The van der Waals surface area contributed by atoms with Gasteiger partial charge in [-0.05, 0) is 12.1 Å². The summed E-state index contributed by atoms with van der Waals surface area (Å²) < 4.78 is 0. The van der Waals surface area contributed by atoms with Gasteiger partial charge in [0.15, 0.2) is 0 Å². The average Bonchev–Trinajstić information content (AvgIpc) is 2.66. The standard InChI is InChI=1S/C13H13Cl3N2O2/c14-4-6-17(7-5-15)8-18-12(19)9-2-1-3-10(16)11(9)13(18)20/h1-3H,4-8H2. The normalized spacial score (nSPS) is 14.3. The Hall–Kier alpha value is -0.810. The van der Waals surface area contributed by atoms with Gasteiger partial charge in [0.05, 0.1) is 22.8 Å². The Bertz CT molecular complexity index is 530. The largest absolute Gasteiger partial charge is 0.283 e. The molecular formula is C13H13Cl3N2O2. The third-order valence-corrected chi connectivity index (χ3v) is 3.74. The first-order valence-electron chi connectivity index (χ1n) is 6.09. The molecule has 1 aromatic carbocycles. The van der Waals surface area contributed by atoms with Crippen LogP contribution in [0.25, 0.3) is 0 Å². The summed E-state index contributed by atoms with van der Waals surface area (Å²) in [5.74, 6) is 0.105. The van der Waals surface area contributed by atoms with Gasteiger partial charge in [0.25, 0.3) is 11.8 Å². The van der Waals surface area contributed by atoms with Gasteiger partial charge >= 0.3 is 0 Å². The third-order valence-electron chi connectivity index (χ3n) is 3.09. The maximum Gasteiger partial charge on any atom is 0.264 e. The molecule has 0 saturated heterocycles. The molecule has 0 saturated carbocycles. The molecule has 0 aliphatic carbocycles. The molecule has 1 aromatic rings. The van der Waals surface area contributed by atoms with E-state index in [0.29, 0.717) is 35.4 Å². The number of nitrogens with zero attached hydrogens (tertiary/aromatic N) is 2. The summed E-state index contributed by atoms with van der Waals surface area (Å²) in [5.41, 5.74) is 0.620. The molecule has 0 unspecified atom stereocenters. The highest BCUT2D eigenvalue weighted by Crippen LogP contribution is 2.29. The molecule has 20 heavy (non-hydrogen) atoms. The van der Waals surface area contributed by atoms with Crippen molar-refractivity contribution in [3.63, 3.8) is 0 Å². The number of fused-ring (bicyclic) bond motifs is 1. The molecule has 2 rings (SSSR count). The van der Waals surface area contributed by atoms with E-state index in [4.69, 9.17) is 34.8 Å². The summed E-state index contributed by atoms with van der Waals surface area (Å²) in [6.07, 6.45) is 0. The van der Waals surface area contributed by atoms with Crippen molar-refractivity contribution in [2.75, 3.05) is 31.5 Å². The third kappa shape index (κ3) is 2.93. The van der Waals surface area contributed by atoms with Crippen LogP contribution in [0.3, 0.4) is 0 Å². The van der Waals surface area contributed by atoms with Crippen LogP contribution in [0.5, 0.6) is 0 Å². The van der Waals surface area contributed by atoms with Gasteiger partial charge in [0.2, 0.25) is 0 Å². The van der Waals surface area contributed by atoms with Crippen LogP contribution in [-0.4, -0.2) is 53.1 Å². The molecule has 108 valence electrons. The Morgan fingerprint density at radius 1 is 1.05 bits per heavy atom. The minimum atomic E-state index is -0.371. The van der Waals surface area contributed by atoms with Crippen molar-refractivity contribution in [1.82, 2.24) is 9.80 Å². The summed E-state index contributed by atoms with van der Waals surface area (Å²) >= 11 is 17.4. The molecule has 1 heterocycles. The number of rotatable bonds is 6. The zero-order valence-electron chi connectivity index (χ0n) is 10.6. The monoisotopic (exact) mass is 334 g/mol. The fourth-order valence-corrected chi connectivity index (χ4v) is 2.85. The quantitative estimate of drug-likeness (QED) is 0.593. The summed E-state index contributed by atoms with van der Waals surface area (Å²) in [5, 5.41) is 0.296. The predicted octanol–water partition coefficient (Wildman–Crippen LogP) is 2.67. The van der Waals surface area contributed by atoms with Crippen LogP contribution in [0.2, 0.25) is 5.02 Å². The molecule has 0 fully saturated rings. The van der Waals surface area contributed by atoms with Gasteiger partial charge < -0.3 is 0 Å². The van der Waals surface area contributed by atoms with Crippen LogP contribution >= 0.6 is 34.8 Å². The highest BCUT2D eigenvalue weighted by Gasteiger charge is 2.37. The Kier molecular flexibility index (Phi) is 5.27. The molecule has 0 bridgehead atoms. The van der Waals surface area contributed by atoms with Crippen LogP contribution in [0.1, 0.15) is 20.7 Å². The van der Waals surface area contributed by atoms with Gasteiger partial charge in [-0.1, -0.05) is 17.7 Å². The van der Waals surface area contributed by atoms with Crippen LogP contribution in [0.15, 0.2) is 18.2 Å². The zero-order valence-corrected chi connectivity index (χ0v) is 12.9. The lowest BCUT2D eigenvalue weighted by Gasteiger charge is -2.25. The Morgan fingerprint density at radius 3 is 2.25 bits per heavy atom. The van der Waals surface area contributed by atoms with Gasteiger partial charge in [-0.3, -0.25) is 19.4 Å². The lowest BCUT2D eigenvalue weighted by atomic mass is 10.1. The number of amides is 2.